The maximum absolute atomic E-state index is 13.9. The van der Waals surface area contributed by atoms with Crippen molar-refractivity contribution < 1.29 is 22.7 Å². The smallest absolute Gasteiger partial charge is 0.418 e. The van der Waals surface area contributed by atoms with Gasteiger partial charge in [0.1, 0.15) is 18.2 Å². The van der Waals surface area contributed by atoms with Crippen molar-refractivity contribution in [2.24, 2.45) is 11.8 Å². The van der Waals surface area contributed by atoms with Crippen LogP contribution in [0, 0.1) is 11.8 Å². The van der Waals surface area contributed by atoms with Gasteiger partial charge in [-0.3, -0.25) is 9.69 Å². The highest BCUT2D eigenvalue weighted by Crippen LogP contribution is 2.49. The van der Waals surface area contributed by atoms with E-state index in [0.29, 0.717) is 61.3 Å². The Labute approximate surface area is 239 Å². The van der Waals surface area contributed by atoms with E-state index in [9.17, 15) is 18.0 Å². The maximum atomic E-state index is 13.9. The fraction of sp³-hybridized carbons (Fsp3) is 0.429. The molecule has 3 fully saturated rings. The number of ether oxygens (including phenoxy) is 1. The number of nitrogen functional groups attached to an aromatic ring is 1. The van der Waals surface area contributed by atoms with E-state index in [2.05, 4.69) is 28.5 Å². The van der Waals surface area contributed by atoms with Gasteiger partial charge in [-0.15, -0.1) is 0 Å². The third-order valence-corrected chi connectivity index (χ3v) is 8.54. The molecule has 0 radical (unpaired) electrons. The van der Waals surface area contributed by atoms with Gasteiger partial charge in [-0.25, -0.2) is 4.98 Å². The molecule has 1 amide bonds. The number of benzene rings is 1. The molecule has 2 saturated heterocycles. The van der Waals surface area contributed by atoms with Crippen LogP contribution < -0.4 is 15.4 Å². The van der Waals surface area contributed by atoms with Crippen molar-refractivity contribution in [3.05, 3.63) is 47.5 Å². The number of halogens is 4. The molecule has 1 unspecified atom stereocenters. The fourth-order valence-electron chi connectivity index (χ4n) is 5.97. The number of carbonyl (C=O) groups excluding carboxylic acids is 1. The minimum atomic E-state index is -4.67. The van der Waals surface area contributed by atoms with Gasteiger partial charge in [0, 0.05) is 49.7 Å². The lowest BCUT2D eigenvalue weighted by molar-refractivity contribution is -0.137. The van der Waals surface area contributed by atoms with Crippen molar-refractivity contribution in [1.82, 2.24) is 24.8 Å². The number of amides is 1. The average molecular weight is 588 g/mol. The number of fused-ring (bicyclic) bond motifs is 2. The number of piperazine rings is 1. The van der Waals surface area contributed by atoms with Crippen molar-refractivity contribution in [2.45, 2.75) is 18.6 Å². The lowest BCUT2D eigenvalue weighted by Gasteiger charge is -2.35. The van der Waals surface area contributed by atoms with Crippen molar-refractivity contribution >= 4 is 40.0 Å². The first-order valence-corrected chi connectivity index (χ1v) is 13.8. The Bertz CT molecular complexity index is 1520. The van der Waals surface area contributed by atoms with Gasteiger partial charge in [0.25, 0.3) is 0 Å². The summed E-state index contributed by atoms with van der Waals surface area (Å²) in [5.41, 5.74) is 4.84. The Morgan fingerprint density at radius 3 is 2.61 bits per heavy atom. The van der Waals surface area contributed by atoms with Crippen LogP contribution in [0.1, 0.15) is 12.0 Å². The highest BCUT2D eigenvalue weighted by Gasteiger charge is 2.51. The lowest BCUT2D eigenvalue weighted by Crippen LogP contribution is -2.48. The van der Waals surface area contributed by atoms with E-state index in [1.807, 2.05) is 4.90 Å². The summed E-state index contributed by atoms with van der Waals surface area (Å²) in [5, 5.41) is 0.597. The summed E-state index contributed by atoms with van der Waals surface area (Å²) < 4.78 is 47.8. The molecule has 6 rings (SSSR count). The van der Waals surface area contributed by atoms with Crippen molar-refractivity contribution in [2.75, 3.05) is 57.0 Å². The van der Waals surface area contributed by atoms with Crippen LogP contribution in [0.5, 0.6) is 6.01 Å². The third-order valence-electron chi connectivity index (χ3n) is 8.23. The first-order chi connectivity index (χ1) is 19.5. The van der Waals surface area contributed by atoms with Crippen LogP contribution in [0.25, 0.3) is 22.2 Å². The SMILES string of the molecule is C=CC(=O)N1CCN(c2nc(OC[C@@H]3C4C[C@@H]4CN3C)nc3cc(-c4nc(N)ccc4C(F)(F)F)c(Cl)cc23)CC1. The third kappa shape index (κ3) is 5.26. The van der Waals surface area contributed by atoms with Crippen molar-refractivity contribution in [3.8, 4) is 17.3 Å². The molecule has 13 heteroatoms. The molecule has 0 bridgehead atoms. The van der Waals surface area contributed by atoms with Crippen molar-refractivity contribution in [3.63, 3.8) is 0 Å². The number of rotatable bonds is 6. The van der Waals surface area contributed by atoms with Crippen LogP contribution in [-0.4, -0.2) is 83.1 Å². The number of piperidine rings is 1. The number of hydrogen-bond acceptors (Lipinski definition) is 8. The first-order valence-electron chi connectivity index (χ1n) is 13.4. The molecule has 2 aromatic heterocycles. The van der Waals surface area contributed by atoms with E-state index in [-0.39, 0.29) is 40.1 Å². The van der Waals surface area contributed by atoms with Gasteiger partial charge in [0.2, 0.25) is 5.91 Å². The molecule has 0 spiro atoms. The van der Waals surface area contributed by atoms with Crippen LogP contribution in [-0.2, 0) is 11.0 Å². The van der Waals surface area contributed by atoms with Crippen molar-refractivity contribution in [1.29, 1.82) is 0 Å². The van der Waals surface area contributed by atoms with E-state index >= 15 is 0 Å². The first kappa shape index (κ1) is 27.5. The fourth-order valence-corrected chi connectivity index (χ4v) is 6.22. The monoisotopic (exact) mass is 587 g/mol. The maximum Gasteiger partial charge on any atom is 0.418 e. The minimum absolute atomic E-state index is 0.0483. The second-order valence-corrected chi connectivity index (χ2v) is 11.2. The molecule has 2 N–H and O–H groups in total. The Kier molecular flexibility index (Phi) is 6.93. The number of nitrogens with two attached hydrogens (primary N) is 1. The molecule has 1 saturated carbocycles. The number of anilines is 2. The summed E-state index contributed by atoms with van der Waals surface area (Å²) in [6.45, 7) is 6.87. The zero-order valence-corrected chi connectivity index (χ0v) is 23.1. The van der Waals surface area contributed by atoms with Gasteiger partial charge in [0.05, 0.1) is 21.8 Å². The van der Waals surface area contributed by atoms with Crippen LogP contribution in [0.3, 0.4) is 0 Å². The lowest BCUT2D eigenvalue weighted by atomic mass is 10.0. The second kappa shape index (κ2) is 10.3. The van der Waals surface area contributed by atoms with E-state index in [1.165, 1.54) is 18.6 Å². The topological polar surface area (TPSA) is 101 Å². The number of likely N-dealkylation sites (N-methyl/N-ethyl adjacent to an activating group) is 1. The molecule has 3 atom stereocenters. The van der Waals surface area contributed by atoms with E-state index in [0.717, 1.165) is 18.7 Å². The summed E-state index contributed by atoms with van der Waals surface area (Å²) in [6, 6.07) is 5.40. The highest BCUT2D eigenvalue weighted by molar-refractivity contribution is 6.34. The summed E-state index contributed by atoms with van der Waals surface area (Å²) >= 11 is 6.61. The van der Waals surface area contributed by atoms with Crippen LogP contribution >= 0.6 is 11.6 Å². The normalized spacial score (nSPS) is 22.6. The molecule has 3 aromatic rings. The molecule has 1 aliphatic carbocycles. The molecule has 3 aliphatic rings. The summed E-state index contributed by atoms with van der Waals surface area (Å²) in [4.78, 5) is 31.4. The Balaban J connectivity index is 1.41. The molecular formula is C28H29ClF3N7O2. The molecule has 2 aliphatic heterocycles. The quantitative estimate of drug-likeness (QED) is 0.430. The van der Waals surface area contributed by atoms with E-state index in [1.54, 1.807) is 11.0 Å². The van der Waals surface area contributed by atoms with Crippen LogP contribution in [0.15, 0.2) is 36.9 Å². The number of nitrogens with zero attached hydrogens (tertiary/aromatic N) is 6. The number of carbonyl (C=O) groups is 1. The number of alkyl halides is 3. The predicted octanol–water partition coefficient (Wildman–Crippen LogP) is 4.11. The molecule has 41 heavy (non-hydrogen) atoms. The predicted molar refractivity (Wildman–Crippen MR) is 150 cm³/mol. The number of likely N-dealkylation sites (tertiary alicyclic amines) is 1. The molecular weight excluding hydrogens is 559 g/mol. The van der Waals surface area contributed by atoms with Gasteiger partial charge >= 0.3 is 12.2 Å². The van der Waals surface area contributed by atoms with E-state index < -0.39 is 11.7 Å². The number of aromatic nitrogens is 3. The van der Waals surface area contributed by atoms with Gasteiger partial charge < -0.3 is 20.3 Å². The summed E-state index contributed by atoms with van der Waals surface area (Å²) in [7, 11) is 2.07. The second-order valence-electron chi connectivity index (χ2n) is 10.8. The zero-order chi connectivity index (χ0) is 29.1. The largest absolute Gasteiger partial charge is 0.462 e. The van der Waals surface area contributed by atoms with Crippen LogP contribution in [0.2, 0.25) is 5.02 Å². The van der Waals surface area contributed by atoms with Gasteiger partial charge in [0.15, 0.2) is 0 Å². The summed E-state index contributed by atoms with van der Waals surface area (Å²) in [5.74, 6) is 1.61. The Morgan fingerprint density at radius 1 is 1.20 bits per heavy atom. The summed E-state index contributed by atoms with van der Waals surface area (Å²) in [6.07, 6.45) is -2.20. The average Bonchev–Trinajstić information content (AvgIpc) is 3.62. The number of hydrogen-bond donors (Lipinski definition) is 1. The Morgan fingerprint density at radius 2 is 1.95 bits per heavy atom. The standard InChI is InChI=1S/C28H29ClF3N7O2/c1-3-24(40)38-6-8-39(9-7-38)26-18-11-20(29)17(25-19(28(30,31)32)4-5-23(33)35-25)12-21(18)34-27(36-26)41-14-22-16-10-15(16)13-37(22)2/h3-5,11-12,15-16,22H,1,6-10,13-14H2,2H3,(H2,33,35)/t15-,16?,22-/m1/s1. The molecule has 4 heterocycles. The number of pyridine rings is 1. The molecule has 9 nitrogen and oxygen atoms in total. The molecule has 1 aromatic carbocycles. The van der Waals surface area contributed by atoms with Gasteiger partial charge in [-0.1, -0.05) is 18.2 Å². The zero-order valence-electron chi connectivity index (χ0n) is 22.4. The minimum Gasteiger partial charge on any atom is -0.462 e. The van der Waals surface area contributed by atoms with Gasteiger partial charge in [-0.2, -0.15) is 23.1 Å². The van der Waals surface area contributed by atoms with E-state index in [4.69, 9.17) is 27.1 Å². The highest BCUT2D eigenvalue weighted by atomic mass is 35.5. The Hall–Kier alpha value is -3.64. The molecule has 216 valence electrons. The van der Waals surface area contributed by atoms with Crippen LogP contribution in [0.4, 0.5) is 24.8 Å². The van der Waals surface area contributed by atoms with Gasteiger partial charge in [-0.05, 0) is 55.6 Å².